The number of carbonyl (C=O) groups is 2. The highest BCUT2D eigenvalue weighted by Crippen LogP contribution is 2.24. The Morgan fingerprint density at radius 3 is 2.81 bits per heavy atom. The number of aromatic carboxylic acids is 1. The van der Waals surface area contributed by atoms with Crippen molar-refractivity contribution in [2.24, 2.45) is 0 Å². The van der Waals surface area contributed by atoms with Gasteiger partial charge in [0.2, 0.25) is 5.91 Å². The molecule has 0 radical (unpaired) electrons. The van der Waals surface area contributed by atoms with Gasteiger partial charge in [0.05, 0.1) is 11.4 Å². The van der Waals surface area contributed by atoms with Crippen molar-refractivity contribution < 1.29 is 19.4 Å². The van der Waals surface area contributed by atoms with E-state index in [1.807, 2.05) is 0 Å². The first-order valence-corrected chi connectivity index (χ1v) is 6.09. The maximum atomic E-state index is 11.1. The number of anilines is 1. The Labute approximate surface area is 120 Å². The fourth-order valence-corrected chi connectivity index (χ4v) is 1.68. The van der Waals surface area contributed by atoms with Gasteiger partial charge >= 0.3 is 5.97 Å². The second kappa shape index (κ2) is 6.47. The smallest absolute Gasteiger partial charge is 0.339 e. The van der Waals surface area contributed by atoms with Crippen LogP contribution in [-0.4, -0.2) is 27.0 Å². The lowest BCUT2D eigenvalue weighted by atomic mass is 10.2. The van der Waals surface area contributed by atoms with Crippen LogP contribution >= 0.6 is 0 Å². The Hall–Kier alpha value is -2.96. The number of para-hydroxylation sites is 2. The number of aromatic nitrogens is 2. The number of ether oxygens (including phenoxy) is 1. The van der Waals surface area contributed by atoms with Gasteiger partial charge in [-0.15, -0.1) is 0 Å². The van der Waals surface area contributed by atoms with Gasteiger partial charge in [0.15, 0.2) is 0 Å². The molecule has 0 aliphatic carbocycles. The van der Waals surface area contributed by atoms with Gasteiger partial charge in [-0.05, 0) is 12.1 Å². The van der Waals surface area contributed by atoms with Crippen LogP contribution in [-0.2, 0) is 11.4 Å². The summed E-state index contributed by atoms with van der Waals surface area (Å²) in [7, 11) is 0. The summed E-state index contributed by atoms with van der Waals surface area (Å²) >= 11 is 0. The predicted octanol–water partition coefficient (Wildman–Crippen LogP) is 1.71. The van der Waals surface area contributed by atoms with E-state index in [9.17, 15) is 9.59 Å². The lowest BCUT2D eigenvalue weighted by Gasteiger charge is -2.11. The van der Waals surface area contributed by atoms with Gasteiger partial charge < -0.3 is 15.2 Å². The van der Waals surface area contributed by atoms with Crippen molar-refractivity contribution in [2.45, 2.75) is 13.5 Å². The van der Waals surface area contributed by atoms with Crippen molar-refractivity contribution in [2.75, 3.05) is 5.32 Å². The summed E-state index contributed by atoms with van der Waals surface area (Å²) in [5.41, 5.74) is 0.751. The molecular weight excluding hydrogens is 274 g/mol. The fourth-order valence-electron chi connectivity index (χ4n) is 1.68. The zero-order valence-electron chi connectivity index (χ0n) is 11.2. The fraction of sp³-hybridized carbons (Fsp3) is 0.143. The summed E-state index contributed by atoms with van der Waals surface area (Å²) in [5, 5.41) is 11.7. The molecule has 1 aromatic carbocycles. The molecule has 0 fully saturated rings. The van der Waals surface area contributed by atoms with E-state index in [2.05, 4.69) is 15.3 Å². The predicted molar refractivity (Wildman–Crippen MR) is 74.1 cm³/mol. The van der Waals surface area contributed by atoms with E-state index in [1.165, 1.54) is 19.4 Å². The van der Waals surface area contributed by atoms with Crippen LogP contribution in [0.25, 0.3) is 0 Å². The molecule has 1 aromatic heterocycles. The summed E-state index contributed by atoms with van der Waals surface area (Å²) in [6, 6.07) is 6.87. The highest BCUT2D eigenvalue weighted by molar-refractivity contribution is 5.90. The van der Waals surface area contributed by atoms with E-state index in [0.29, 0.717) is 11.4 Å². The van der Waals surface area contributed by atoms with Crippen LogP contribution in [0.15, 0.2) is 36.8 Å². The maximum absolute atomic E-state index is 11.1. The van der Waals surface area contributed by atoms with Crippen LogP contribution in [0, 0.1) is 0 Å². The monoisotopic (exact) mass is 287 g/mol. The normalized spacial score (nSPS) is 9.95. The van der Waals surface area contributed by atoms with E-state index in [0.717, 1.165) is 0 Å². The average molecular weight is 287 g/mol. The molecule has 0 aliphatic rings. The molecule has 0 unspecified atom stereocenters. The molecule has 1 heterocycles. The van der Waals surface area contributed by atoms with Crippen LogP contribution in [0.1, 0.15) is 23.0 Å². The number of benzene rings is 1. The van der Waals surface area contributed by atoms with Crippen molar-refractivity contribution in [3.63, 3.8) is 0 Å². The minimum atomic E-state index is -1.12. The number of hydrogen-bond donors (Lipinski definition) is 2. The first-order chi connectivity index (χ1) is 10.1. The van der Waals surface area contributed by atoms with Crippen LogP contribution in [0.3, 0.4) is 0 Å². The molecule has 0 saturated heterocycles. The highest BCUT2D eigenvalue weighted by atomic mass is 16.5. The number of carbonyl (C=O) groups excluding carboxylic acids is 1. The molecular formula is C14H13N3O4. The Balaban J connectivity index is 2.17. The molecule has 0 aliphatic heterocycles. The number of carboxylic acid groups (broad SMARTS) is 1. The van der Waals surface area contributed by atoms with Gasteiger partial charge in [0, 0.05) is 13.1 Å². The van der Waals surface area contributed by atoms with Crippen molar-refractivity contribution >= 4 is 17.6 Å². The van der Waals surface area contributed by atoms with Crippen LogP contribution in [0.2, 0.25) is 0 Å². The third kappa shape index (κ3) is 3.75. The number of amides is 1. The number of hydrogen-bond acceptors (Lipinski definition) is 5. The van der Waals surface area contributed by atoms with E-state index >= 15 is 0 Å². The lowest BCUT2D eigenvalue weighted by molar-refractivity contribution is -0.114. The van der Waals surface area contributed by atoms with E-state index in [4.69, 9.17) is 9.84 Å². The molecule has 0 atom stereocenters. The van der Waals surface area contributed by atoms with Crippen molar-refractivity contribution in [3.8, 4) is 5.75 Å². The number of carboxylic acids is 1. The Bertz CT molecular complexity index is 673. The third-order valence-electron chi connectivity index (χ3n) is 2.59. The quantitative estimate of drug-likeness (QED) is 0.868. The second-order valence-corrected chi connectivity index (χ2v) is 4.15. The number of rotatable bonds is 5. The largest absolute Gasteiger partial charge is 0.485 e. The first kappa shape index (κ1) is 14.4. The minimum Gasteiger partial charge on any atom is -0.485 e. The Morgan fingerprint density at radius 1 is 1.33 bits per heavy atom. The van der Waals surface area contributed by atoms with E-state index < -0.39 is 5.97 Å². The lowest BCUT2D eigenvalue weighted by Crippen LogP contribution is -2.10. The third-order valence-corrected chi connectivity index (χ3v) is 2.59. The highest BCUT2D eigenvalue weighted by Gasteiger charge is 2.13. The summed E-state index contributed by atoms with van der Waals surface area (Å²) in [5.74, 6) is -0.911. The zero-order chi connectivity index (χ0) is 15.2. The topological polar surface area (TPSA) is 101 Å². The van der Waals surface area contributed by atoms with Crippen LogP contribution < -0.4 is 10.1 Å². The SMILES string of the molecule is CC(=O)Nc1ccccc1OCc1ncncc1C(=O)O. The summed E-state index contributed by atoms with van der Waals surface area (Å²) < 4.78 is 5.55. The molecule has 0 saturated carbocycles. The Kier molecular flexibility index (Phi) is 4.45. The molecule has 2 N–H and O–H groups in total. The molecule has 2 aromatic rings. The minimum absolute atomic E-state index is 0.0190. The van der Waals surface area contributed by atoms with Gasteiger partial charge in [0.1, 0.15) is 24.2 Å². The van der Waals surface area contributed by atoms with Crippen molar-refractivity contribution in [1.29, 1.82) is 0 Å². The molecule has 7 nitrogen and oxygen atoms in total. The van der Waals surface area contributed by atoms with Gasteiger partial charge in [-0.25, -0.2) is 14.8 Å². The Morgan fingerprint density at radius 2 is 2.10 bits per heavy atom. The van der Waals surface area contributed by atoms with Gasteiger partial charge in [-0.3, -0.25) is 4.79 Å². The summed E-state index contributed by atoms with van der Waals surface area (Å²) in [4.78, 5) is 29.7. The summed E-state index contributed by atoms with van der Waals surface area (Å²) in [6.07, 6.45) is 2.47. The molecule has 21 heavy (non-hydrogen) atoms. The second-order valence-electron chi connectivity index (χ2n) is 4.15. The molecule has 108 valence electrons. The van der Waals surface area contributed by atoms with Crippen molar-refractivity contribution in [3.05, 3.63) is 48.0 Å². The number of nitrogens with zero attached hydrogens (tertiary/aromatic N) is 2. The molecule has 7 heteroatoms. The van der Waals surface area contributed by atoms with Crippen LogP contribution in [0.4, 0.5) is 5.69 Å². The molecule has 2 rings (SSSR count). The van der Waals surface area contributed by atoms with Crippen molar-refractivity contribution in [1.82, 2.24) is 9.97 Å². The summed E-state index contributed by atoms with van der Waals surface area (Å²) in [6.45, 7) is 1.35. The van der Waals surface area contributed by atoms with Crippen LogP contribution in [0.5, 0.6) is 5.75 Å². The first-order valence-electron chi connectivity index (χ1n) is 6.09. The molecule has 0 bridgehead atoms. The van der Waals surface area contributed by atoms with E-state index in [-0.39, 0.29) is 23.8 Å². The van der Waals surface area contributed by atoms with Gasteiger partial charge in [-0.2, -0.15) is 0 Å². The standard InChI is InChI=1S/C14H13N3O4/c1-9(18)17-11-4-2-3-5-13(11)21-7-12-10(14(19)20)6-15-8-16-12/h2-6,8H,7H2,1H3,(H,17,18)(H,19,20). The maximum Gasteiger partial charge on any atom is 0.339 e. The average Bonchev–Trinajstić information content (AvgIpc) is 2.46. The number of nitrogens with one attached hydrogen (secondary N) is 1. The molecule has 1 amide bonds. The van der Waals surface area contributed by atoms with Gasteiger partial charge in [-0.1, -0.05) is 12.1 Å². The van der Waals surface area contributed by atoms with E-state index in [1.54, 1.807) is 24.3 Å². The zero-order valence-corrected chi connectivity index (χ0v) is 11.2. The molecule has 0 spiro atoms. The van der Waals surface area contributed by atoms with Gasteiger partial charge in [0.25, 0.3) is 0 Å².